The molecule has 12 heavy (non-hydrogen) atoms. The minimum absolute atomic E-state index is 0.0314. The molecule has 0 atom stereocenters. The zero-order valence-corrected chi connectivity index (χ0v) is 7.50. The van der Waals surface area contributed by atoms with Gasteiger partial charge in [-0.05, 0) is 6.92 Å². The predicted octanol–water partition coefficient (Wildman–Crippen LogP) is 0.578. The molecule has 1 heterocycles. The molecule has 1 aromatic heterocycles. The van der Waals surface area contributed by atoms with Gasteiger partial charge in [-0.25, -0.2) is 9.82 Å². The second-order valence-corrected chi connectivity index (χ2v) is 3.17. The summed E-state index contributed by atoms with van der Waals surface area (Å²) in [5, 5.41) is -0.0314. The molecule has 1 rings (SSSR count). The fourth-order valence-corrected chi connectivity index (χ4v) is 1.56. The summed E-state index contributed by atoms with van der Waals surface area (Å²) >= 11 is 1.55. The first-order valence-corrected chi connectivity index (χ1v) is 4.32. The summed E-state index contributed by atoms with van der Waals surface area (Å²) in [4.78, 5) is 19.8. The van der Waals surface area contributed by atoms with Gasteiger partial charge in [0.25, 0.3) is 0 Å². The van der Waals surface area contributed by atoms with Crippen molar-refractivity contribution in [3.63, 3.8) is 0 Å². The Hall–Kier alpha value is -1.17. The molecule has 0 saturated carbocycles. The van der Waals surface area contributed by atoms with E-state index in [9.17, 15) is 4.91 Å². The van der Waals surface area contributed by atoms with Crippen LogP contribution in [-0.2, 0) is 11.3 Å². The molecular formula is C6H10N3O2S+. The maximum atomic E-state index is 10.1. The maximum Gasteiger partial charge on any atom is 0.354 e. The van der Waals surface area contributed by atoms with Crippen LogP contribution in [-0.4, -0.2) is 16.6 Å². The molecule has 0 unspecified atom stereocenters. The van der Waals surface area contributed by atoms with Crippen molar-refractivity contribution in [2.75, 3.05) is 6.61 Å². The van der Waals surface area contributed by atoms with Crippen LogP contribution in [0.15, 0.2) is 5.51 Å². The van der Waals surface area contributed by atoms with Gasteiger partial charge in [-0.1, -0.05) is 0 Å². The molecule has 0 aliphatic carbocycles. The second kappa shape index (κ2) is 4.01. The van der Waals surface area contributed by atoms with Gasteiger partial charge in [-0.3, -0.25) is 0 Å². The monoisotopic (exact) mass is 188 g/mol. The van der Waals surface area contributed by atoms with Gasteiger partial charge < -0.3 is 0 Å². The van der Waals surface area contributed by atoms with Crippen LogP contribution in [0.1, 0.15) is 10.6 Å². The van der Waals surface area contributed by atoms with E-state index >= 15 is 0 Å². The van der Waals surface area contributed by atoms with Gasteiger partial charge in [0.05, 0.1) is 11.2 Å². The van der Waals surface area contributed by atoms with Gasteiger partial charge in [0.2, 0.25) is 0 Å². The van der Waals surface area contributed by atoms with Crippen molar-refractivity contribution in [3.05, 3.63) is 21.0 Å². The van der Waals surface area contributed by atoms with E-state index in [4.69, 9.17) is 5.84 Å². The molecule has 2 N–H and O–H groups in total. The summed E-state index contributed by atoms with van der Waals surface area (Å²) in [6.45, 7) is 2.21. The molecular weight excluding hydrogens is 178 g/mol. The number of hydrogen-bond donors (Lipinski definition) is 1. The Morgan fingerprint density at radius 1 is 1.83 bits per heavy atom. The highest BCUT2D eigenvalue weighted by Gasteiger charge is 2.05. The summed E-state index contributed by atoms with van der Waals surface area (Å²) in [6, 6.07) is 0. The summed E-state index contributed by atoms with van der Waals surface area (Å²) in [7, 11) is 0. The molecule has 0 fully saturated rings. The minimum atomic E-state index is -0.0314. The molecule has 0 aliphatic heterocycles. The molecule has 0 amide bonds. The van der Waals surface area contributed by atoms with Gasteiger partial charge in [0, 0.05) is 11.3 Å². The number of aromatic nitrogens is 1. The van der Waals surface area contributed by atoms with Crippen LogP contribution in [0.4, 0.5) is 0 Å². The van der Waals surface area contributed by atoms with Crippen LogP contribution >= 0.6 is 11.3 Å². The maximum absolute atomic E-state index is 10.1. The van der Waals surface area contributed by atoms with Gasteiger partial charge in [-0.2, -0.15) is 0 Å². The molecule has 0 aromatic carbocycles. The lowest BCUT2D eigenvalue weighted by Crippen LogP contribution is -2.17. The first-order chi connectivity index (χ1) is 5.70. The Bertz CT molecular complexity index is 274. The van der Waals surface area contributed by atoms with Crippen LogP contribution in [0.5, 0.6) is 0 Å². The SMILES string of the molecule is Cc1ncsc1CCO[N+](N)=O. The number of rotatable bonds is 4. The largest absolute Gasteiger partial charge is 0.354 e. The highest BCUT2D eigenvalue weighted by atomic mass is 32.1. The summed E-state index contributed by atoms with van der Waals surface area (Å²) in [6.07, 6.45) is 0.673. The Balaban J connectivity index is 2.33. The number of nitrogens with zero attached hydrogens (tertiary/aromatic N) is 2. The van der Waals surface area contributed by atoms with Crippen LogP contribution in [0.2, 0.25) is 0 Å². The highest BCUT2D eigenvalue weighted by molar-refractivity contribution is 7.09. The molecule has 0 bridgehead atoms. The van der Waals surface area contributed by atoms with E-state index in [0.717, 1.165) is 10.6 Å². The Labute approximate surface area is 73.7 Å². The molecule has 0 radical (unpaired) electrons. The van der Waals surface area contributed by atoms with E-state index in [0.29, 0.717) is 13.0 Å². The number of nitrogens with two attached hydrogens (primary N) is 1. The predicted molar refractivity (Wildman–Crippen MR) is 44.3 cm³/mol. The molecule has 0 aliphatic rings. The van der Waals surface area contributed by atoms with E-state index in [1.54, 1.807) is 16.8 Å². The van der Waals surface area contributed by atoms with Gasteiger partial charge >= 0.3 is 5.03 Å². The lowest BCUT2D eigenvalue weighted by molar-refractivity contribution is -0.813. The van der Waals surface area contributed by atoms with Crippen LogP contribution < -0.4 is 5.84 Å². The van der Waals surface area contributed by atoms with Crippen molar-refractivity contribution in [1.29, 1.82) is 0 Å². The van der Waals surface area contributed by atoms with E-state index in [-0.39, 0.29) is 5.03 Å². The first-order valence-electron chi connectivity index (χ1n) is 3.44. The van der Waals surface area contributed by atoms with Crippen molar-refractivity contribution >= 4 is 11.3 Å². The van der Waals surface area contributed by atoms with Crippen molar-refractivity contribution < 1.29 is 9.87 Å². The van der Waals surface area contributed by atoms with Gasteiger partial charge in [-0.15, -0.1) is 17.2 Å². The van der Waals surface area contributed by atoms with Crippen molar-refractivity contribution in [3.8, 4) is 0 Å². The lowest BCUT2D eigenvalue weighted by Gasteiger charge is -1.92. The number of hydrazine groups is 1. The van der Waals surface area contributed by atoms with Crippen molar-refractivity contribution in [2.45, 2.75) is 13.3 Å². The zero-order chi connectivity index (χ0) is 8.97. The van der Waals surface area contributed by atoms with Crippen LogP contribution in [0.25, 0.3) is 0 Å². The summed E-state index contributed by atoms with van der Waals surface area (Å²) < 4.78 is 0. The first kappa shape index (κ1) is 8.92. The van der Waals surface area contributed by atoms with Crippen LogP contribution in [0.3, 0.4) is 0 Å². The molecule has 1 aromatic rings. The van der Waals surface area contributed by atoms with Gasteiger partial charge in [0.15, 0.2) is 6.61 Å². The van der Waals surface area contributed by atoms with Crippen LogP contribution in [0, 0.1) is 11.8 Å². The Morgan fingerprint density at radius 3 is 3.08 bits per heavy atom. The average molecular weight is 188 g/mol. The molecule has 5 nitrogen and oxygen atoms in total. The highest BCUT2D eigenvalue weighted by Crippen LogP contribution is 2.12. The topological polar surface area (TPSA) is 68.2 Å². The summed E-state index contributed by atoms with van der Waals surface area (Å²) in [5.41, 5.74) is 2.75. The number of hydrogen-bond acceptors (Lipinski definition) is 4. The van der Waals surface area contributed by atoms with Crippen molar-refractivity contribution in [1.82, 2.24) is 4.98 Å². The second-order valence-electron chi connectivity index (χ2n) is 2.23. The van der Waals surface area contributed by atoms with E-state index < -0.39 is 0 Å². The quantitative estimate of drug-likeness (QED) is 0.554. The number of thiazole rings is 1. The fourth-order valence-electron chi connectivity index (χ4n) is 0.794. The lowest BCUT2D eigenvalue weighted by atomic mass is 10.3. The molecule has 0 saturated heterocycles. The zero-order valence-electron chi connectivity index (χ0n) is 6.69. The normalized spacial score (nSPS) is 9.75. The Morgan fingerprint density at radius 2 is 2.58 bits per heavy atom. The average Bonchev–Trinajstić information content (AvgIpc) is 2.36. The minimum Gasteiger partial charge on any atom is -0.250 e. The standard InChI is InChI=1S/C6H10N3O2S/c1-5-6(12-4-8-5)2-3-11-9(7)10/h4H,2-3H2,1H3,(H2,7,10)/q+1. The van der Waals surface area contributed by atoms with E-state index in [2.05, 4.69) is 9.82 Å². The molecule has 6 heteroatoms. The third kappa shape index (κ3) is 2.46. The summed E-state index contributed by atoms with van der Waals surface area (Å²) in [5.74, 6) is 4.71. The smallest absolute Gasteiger partial charge is 0.250 e. The van der Waals surface area contributed by atoms with E-state index in [1.165, 1.54) is 0 Å². The van der Waals surface area contributed by atoms with Crippen molar-refractivity contribution in [2.24, 2.45) is 5.84 Å². The van der Waals surface area contributed by atoms with Gasteiger partial charge in [0.1, 0.15) is 4.91 Å². The third-order valence-corrected chi connectivity index (χ3v) is 2.39. The number of aryl methyl sites for hydroxylation is 1. The van der Waals surface area contributed by atoms with E-state index in [1.807, 2.05) is 6.92 Å². The molecule has 0 spiro atoms. The Kier molecular flexibility index (Phi) is 2.98. The third-order valence-electron chi connectivity index (χ3n) is 1.39. The molecule has 66 valence electrons. The fraction of sp³-hybridized carbons (Fsp3) is 0.500.